The van der Waals surface area contributed by atoms with Gasteiger partial charge in [-0.1, -0.05) is 0 Å². The molecule has 0 aliphatic rings. The monoisotopic (exact) mass is 222 g/mol. The average Bonchev–Trinajstić information content (AvgIpc) is 2.47. The normalized spacial score (nSPS) is 11.5. The summed E-state index contributed by atoms with van der Waals surface area (Å²) in [7, 11) is 0. The smallest absolute Gasteiger partial charge is 0.435 e. The van der Waals surface area contributed by atoms with Gasteiger partial charge in [0.15, 0.2) is 5.69 Å². The number of ether oxygens (including phenoxy) is 1. The van der Waals surface area contributed by atoms with Crippen molar-refractivity contribution in [1.29, 1.82) is 0 Å². The molecule has 0 amide bonds. The summed E-state index contributed by atoms with van der Waals surface area (Å²) in [4.78, 5) is 11.1. The van der Waals surface area contributed by atoms with Crippen LogP contribution in [0.15, 0.2) is 6.07 Å². The van der Waals surface area contributed by atoms with Crippen molar-refractivity contribution in [2.45, 2.75) is 20.0 Å². The van der Waals surface area contributed by atoms with Crippen molar-refractivity contribution in [1.82, 2.24) is 9.78 Å². The fraction of sp³-hybridized carbons (Fsp3) is 0.500. The first-order valence-corrected chi connectivity index (χ1v) is 4.17. The lowest BCUT2D eigenvalue weighted by atomic mass is 10.4. The molecule has 4 nitrogen and oxygen atoms in total. The van der Waals surface area contributed by atoms with E-state index >= 15 is 0 Å². The van der Waals surface area contributed by atoms with E-state index in [1.807, 2.05) is 0 Å². The molecule has 15 heavy (non-hydrogen) atoms. The number of nitrogens with zero attached hydrogens (tertiary/aromatic N) is 2. The summed E-state index contributed by atoms with van der Waals surface area (Å²) in [6.45, 7) is 2.99. The molecule has 0 atom stereocenters. The maximum atomic E-state index is 12.2. The molecule has 84 valence electrons. The minimum absolute atomic E-state index is 0.0828. The standard InChI is InChI=1S/C8H9F3N2O2/c1-3-15-7(14)13-5(2)4-6(12-13)8(9,10)11/h4H,3H2,1-2H3. The number of halogens is 3. The number of hydrogen-bond donors (Lipinski definition) is 0. The molecule has 1 aromatic heterocycles. The number of aromatic nitrogens is 2. The van der Waals surface area contributed by atoms with Gasteiger partial charge < -0.3 is 4.74 Å². The number of carbonyl (C=O) groups is 1. The number of aryl methyl sites for hydroxylation is 1. The van der Waals surface area contributed by atoms with Gasteiger partial charge in [-0.2, -0.15) is 23.0 Å². The number of hydrogen-bond acceptors (Lipinski definition) is 3. The van der Waals surface area contributed by atoms with Crippen molar-refractivity contribution in [2.75, 3.05) is 6.61 Å². The highest BCUT2D eigenvalue weighted by Gasteiger charge is 2.35. The fourth-order valence-corrected chi connectivity index (χ4v) is 0.982. The average molecular weight is 222 g/mol. The summed E-state index contributed by atoms with van der Waals surface area (Å²) in [5, 5.41) is 3.12. The lowest BCUT2D eigenvalue weighted by molar-refractivity contribution is -0.141. The minimum Gasteiger partial charge on any atom is -0.448 e. The van der Waals surface area contributed by atoms with Gasteiger partial charge in [-0.3, -0.25) is 0 Å². The van der Waals surface area contributed by atoms with Crippen LogP contribution < -0.4 is 0 Å². The van der Waals surface area contributed by atoms with Crippen LogP contribution in [0.4, 0.5) is 18.0 Å². The Morgan fingerprint density at radius 2 is 2.20 bits per heavy atom. The zero-order valence-corrected chi connectivity index (χ0v) is 8.13. The van der Waals surface area contributed by atoms with Gasteiger partial charge in [0.05, 0.1) is 6.61 Å². The maximum absolute atomic E-state index is 12.2. The summed E-state index contributed by atoms with van der Waals surface area (Å²) in [5.74, 6) is 0. The minimum atomic E-state index is -4.55. The molecule has 0 unspecified atom stereocenters. The molecule has 0 bridgehead atoms. The van der Waals surface area contributed by atoms with E-state index in [2.05, 4.69) is 9.84 Å². The van der Waals surface area contributed by atoms with E-state index in [9.17, 15) is 18.0 Å². The molecule has 0 aliphatic heterocycles. The van der Waals surface area contributed by atoms with Gasteiger partial charge in [0.1, 0.15) is 0 Å². The quantitative estimate of drug-likeness (QED) is 0.731. The Hall–Kier alpha value is -1.53. The van der Waals surface area contributed by atoms with Gasteiger partial charge in [0, 0.05) is 5.69 Å². The fourth-order valence-electron chi connectivity index (χ4n) is 0.982. The van der Waals surface area contributed by atoms with Crippen molar-refractivity contribution in [3.8, 4) is 0 Å². The molecule has 0 aliphatic carbocycles. The first-order valence-electron chi connectivity index (χ1n) is 4.17. The molecule has 1 heterocycles. The van der Waals surface area contributed by atoms with Crippen LogP contribution in [0, 0.1) is 6.92 Å². The highest BCUT2D eigenvalue weighted by molar-refractivity contribution is 5.70. The summed E-state index contributed by atoms with van der Waals surface area (Å²) in [5.41, 5.74) is -1.02. The molecule has 1 aromatic rings. The van der Waals surface area contributed by atoms with Gasteiger partial charge in [-0.25, -0.2) is 4.79 Å². The third-order valence-corrected chi connectivity index (χ3v) is 1.62. The van der Waals surface area contributed by atoms with E-state index in [1.54, 1.807) is 6.92 Å². The topological polar surface area (TPSA) is 44.1 Å². The Morgan fingerprint density at radius 1 is 1.60 bits per heavy atom. The summed E-state index contributed by atoms with van der Waals surface area (Å²) in [6.07, 6.45) is -5.46. The van der Waals surface area contributed by atoms with Crippen molar-refractivity contribution >= 4 is 6.09 Å². The van der Waals surface area contributed by atoms with Crippen molar-refractivity contribution < 1.29 is 22.7 Å². The van der Waals surface area contributed by atoms with Crippen molar-refractivity contribution in [2.24, 2.45) is 0 Å². The highest BCUT2D eigenvalue weighted by atomic mass is 19.4. The van der Waals surface area contributed by atoms with Gasteiger partial charge in [0.25, 0.3) is 0 Å². The predicted octanol–water partition coefficient (Wildman–Crippen LogP) is 2.21. The van der Waals surface area contributed by atoms with E-state index in [-0.39, 0.29) is 12.3 Å². The Bertz CT molecular complexity index is 370. The Kier molecular flexibility index (Phi) is 3.01. The summed E-state index contributed by atoms with van der Waals surface area (Å²) in [6, 6.07) is 0.789. The number of carbonyl (C=O) groups excluding carboxylic acids is 1. The molecule has 0 saturated carbocycles. The zero-order valence-electron chi connectivity index (χ0n) is 8.13. The molecule has 0 spiro atoms. The van der Waals surface area contributed by atoms with Crippen LogP contribution in [0.5, 0.6) is 0 Å². The Balaban J connectivity index is 3.02. The predicted molar refractivity (Wildman–Crippen MR) is 44.4 cm³/mol. The van der Waals surface area contributed by atoms with Gasteiger partial charge >= 0.3 is 12.3 Å². The van der Waals surface area contributed by atoms with Crippen LogP contribution in [0.2, 0.25) is 0 Å². The van der Waals surface area contributed by atoms with Crippen LogP contribution in [0.25, 0.3) is 0 Å². The van der Waals surface area contributed by atoms with Gasteiger partial charge in [-0.05, 0) is 19.9 Å². The van der Waals surface area contributed by atoms with Gasteiger partial charge in [-0.15, -0.1) is 0 Å². The summed E-state index contributed by atoms with van der Waals surface area (Å²) >= 11 is 0. The Morgan fingerprint density at radius 3 is 2.60 bits per heavy atom. The molecule has 0 radical (unpaired) electrons. The van der Waals surface area contributed by atoms with Gasteiger partial charge in [0.2, 0.25) is 0 Å². The van der Waals surface area contributed by atoms with Crippen molar-refractivity contribution in [3.05, 3.63) is 17.5 Å². The van der Waals surface area contributed by atoms with Crippen LogP contribution >= 0.6 is 0 Å². The molecule has 0 fully saturated rings. The number of rotatable bonds is 1. The SMILES string of the molecule is CCOC(=O)n1nc(C(F)(F)F)cc1C. The van der Waals surface area contributed by atoms with Crippen LogP contribution in [0.1, 0.15) is 18.3 Å². The molecule has 7 heteroatoms. The molecular weight excluding hydrogens is 213 g/mol. The molecule has 0 aromatic carbocycles. The highest BCUT2D eigenvalue weighted by Crippen LogP contribution is 2.28. The van der Waals surface area contributed by atoms with Crippen molar-refractivity contribution in [3.63, 3.8) is 0 Å². The van der Waals surface area contributed by atoms with E-state index in [0.29, 0.717) is 4.68 Å². The Labute approximate surface area is 83.6 Å². The van der Waals surface area contributed by atoms with Crippen LogP contribution in [-0.4, -0.2) is 22.5 Å². The first-order chi connectivity index (χ1) is 6.86. The second-order valence-electron chi connectivity index (χ2n) is 2.78. The van der Waals surface area contributed by atoms with E-state index in [0.717, 1.165) is 6.07 Å². The lowest BCUT2D eigenvalue weighted by Gasteiger charge is -2.02. The second kappa shape index (κ2) is 3.92. The largest absolute Gasteiger partial charge is 0.448 e. The lowest BCUT2D eigenvalue weighted by Crippen LogP contribution is -2.17. The molecule has 0 N–H and O–H groups in total. The summed E-state index contributed by atoms with van der Waals surface area (Å²) < 4.78 is 41.7. The first kappa shape index (κ1) is 11.5. The number of alkyl halides is 3. The maximum Gasteiger partial charge on any atom is 0.435 e. The molecule has 1 rings (SSSR count). The third kappa shape index (κ3) is 2.48. The van der Waals surface area contributed by atoms with Crippen LogP contribution in [0.3, 0.4) is 0 Å². The van der Waals surface area contributed by atoms with Crippen LogP contribution in [-0.2, 0) is 10.9 Å². The van der Waals surface area contributed by atoms with E-state index < -0.39 is 18.0 Å². The molecule has 0 saturated heterocycles. The van der Waals surface area contributed by atoms with E-state index in [4.69, 9.17) is 0 Å². The second-order valence-corrected chi connectivity index (χ2v) is 2.78. The third-order valence-electron chi connectivity index (χ3n) is 1.62. The van der Waals surface area contributed by atoms with E-state index in [1.165, 1.54) is 6.92 Å². The molecular formula is C8H9F3N2O2. The zero-order chi connectivity index (χ0) is 11.6.